The Kier molecular flexibility index (Phi) is 5.90. The lowest BCUT2D eigenvalue weighted by molar-refractivity contribution is 0.0391. The summed E-state index contributed by atoms with van der Waals surface area (Å²) in [5, 5.41) is 9.71. The molecule has 0 amide bonds. The number of morpholine rings is 1. The summed E-state index contributed by atoms with van der Waals surface area (Å²) in [5.41, 5.74) is 1.16. The van der Waals surface area contributed by atoms with Gasteiger partial charge < -0.3 is 19.6 Å². The molecule has 0 saturated carbocycles. The smallest absolute Gasteiger partial charge is 0.134 e. The largest absolute Gasteiger partial charge is 0.394 e. The molecule has 0 spiro atoms. The van der Waals surface area contributed by atoms with Gasteiger partial charge in [-0.15, -0.1) is 0 Å². The zero-order valence-electron chi connectivity index (χ0n) is 15.3. The lowest BCUT2D eigenvalue weighted by Gasteiger charge is -2.37. The molecule has 0 bridgehead atoms. The summed E-state index contributed by atoms with van der Waals surface area (Å²) in [4.78, 5) is 13.5. The van der Waals surface area contributed by atoms with Crippen molar-refractivity contribution >= 4 is 27.6 Å². The van der Waals surface area contributed by atoms with Crippen LogP contribution in [0.1, 0.15) is 30.9 Å². The number of aromatic nitrogens is 2. The van der Waals surface area contributed by atoms with E-state index in [0.29, 0.717) is 6.61 Å². The normalized spacial score (nSPS) is 23.5. The van der Waals surface area contributed by atoms with Gasteiger partial charge in [-0.25, -0.2) is 9.97 Å². The Morgan fingerprint density at radius 3 is 2.85 bits per heavy atom. The SMILES string of the molecule is OCC1CCCCN1c1cc(N2CCOC(c3ccccc3Br)C2)ncn1. The zero-order chi connectivity index (χ0) is 18.6. The molecular formula is C20H25BrN4O2. The number of hydrogen-bond acceptors (Lipinski definition) is 6. The van der Waals surface area contributed by atoms with E-state index >= 15 is 0 Å². The maximum atomic E-state index is 9.71. The second kappa shape index (κ2) is 8.54. The molecule has 2 fully saturated rings. The summed E-state index contributed by atoms with van der Waals surface area (Å²) < 4.78 is 7.09. The number of halogens is 1. The number of nitrogens with zero attached hydrogens (tertiary/aromatic N) is 4. The van der Waals surface area contributed by atoms with Crippen LogP contribution < -0.4 is 9.80 Å². The van der Waals surface area contributed by atoms with Gasteiger partial charge in [0.2, 0.25) is 0 Å². The Labute approximate surface area is 168 Å². The van der Waals surface area contributed by atoms with E-state index in [9.17, 15) is 5.11 Å². The number of aliphatic hydroxyl groups is 1. The highest BCUT2D eigenvalue weighted by atomic mass is 79.9. The van der Waals surface area contributed by atoms with Crippen molar-refractivity contribution < 1.29 is 9.84 Å². The van der Waals surface area contributed by atoms with Gasteiger partial charge in [-0.2, -0.15) is 0 Å². The minimum absolute atomic E-state index is 0.00733. The van der Waals surface area contributed by atoms with E-state index in [4.69, 9.17) is 4.74 Å². The quantitative estimate of drug-likeness (QED) is 0.800. The highest BCUT2D eigenvalue weighted by Gasteiger charge is 2.27. The van der Waals surface area contributed by atoms with E-state index in [-0.39, 0.29) is 18.8 Å². The number of aliphatic hydroxyl groups excluding tert-OH is 1. The Morgan fingerprint density at radius 1 is 1.15 bits per heavy atom. The van der Waals surface area contributed by atoms with Crippen LogP contribution in [0.3, 0.4) is 0 Å². The van der Waals surface area contributed by atoms with E-state index < -0.39 is 0 Å². The van der Waals surface area contributed by atoms with E-state index in [1.54, 1.807) is 6.33 Å². The predicted octanol–water partition coefficient (Wildman–Crippen LogP) is 3.17. The van der Waals surface area contributed by atoms with E-state index in [1.165, 1.54) is 0 Å². The van der Waals surface area contributed by atoms with Crippen LogP contribution >= 0.6 is 15.9 Å². The summed E-state index contributed by atoms with van der Waals surface area (Å²) in [5.74, 6) is 1.82. The van der Waals surface area contributed by atoms with Crippen molar-refractivity contribution in [2.75, 3.05) is 42.6 Å². The fourth-order valence-electron chi connectivity index (χ4n) is 3.94. The Bertz CT molecular complexity index is 775. The molecule has 144 valence electrons. The second-order valence-corrected chi connectivity index (χ2v) is 7.94. The number of hydrogen-bond donors (Lipinski definition) is 1. The van der Waals surface area contributed by atoms with Gasteiger partial charge in [-0.05, 0) is 30.9 Å². The molecule has 27 heavy (non-hydrogen) atoms. The molecule has 2 aromatic rings. The van der Waals surface area contributed by atoms with Crippen LogP contribution in [0.4, 0.5) is 11.6 Å². The van der Waals surface area contributed by atoms with Crippen molar-refractivity contribution in [3.8, 4) is 0 Å². The van der Waals surface area contributed by atoms with Crippen LogP contribution in [0.15, 0.2) is 41.1 Å². The first kappa shape index (κ1) is 18.7. The average Bonchev–Trinajstić information content (AvgIpc) is 2.74. The molecule has 3 heterocycles. The summed E-state index contributed by atoms with van der Waals surface area (Å²) in [6.45, 7) is 3.32. The zero-order valence-corrected chi connectivity index (χ0v) is 16.9. The third-order valence-electron chi connectivity index (χ3n) is 5.41. The number of ether oxygens (including phenoxy) is 1. The topological polar surface area (TPSA) is 61.7 Å². The molecule has 1 aromatic heterocycles. The molecule has 6 nitrogen and oxygen atoms in total. The van der Waals surface area contributed by atoms with E-state index in [2.05, 4.69) is 47.8 Å². The summed E-state index contributed by atoms with van der Waals surface area (Å²) in [6, 6.07) is 10.4. The molecule has 7 heteroatoms. The molecule has 2 unspecified atom stereocenters. The molecular weight excluding hydrogens is 408 g/mol. The molecule has 2 aliphatic heterocycles. The number of anilines is 2. The number of rotatable bonds is 4. The van der Waals surface area contributed by atoms with Crippen LogP contribution in [0, 0.1) is 0 Å². The molecule has 4 rings (SSSR count). The number of benzene rings is 1. The molecule has 1 aromatic carbocycles. The lowest BCUT2D eigenvalue weighted by Crippen LogP contribution is -2.43. The molecule has 0 aliphatic carbocycles. The summed E-state index contributed by atoms with van der Waals surface area (Å²) in [7, 11) is 0. The van der Waals surface area contributed by atoms with Crippen LogP contribution in [-0.4, -0.2) is 54.0 Å². The first-order valence-electron chi connectivity index (χ1n) is 9.57. The van der Waals surface area contributed by atoms with Gasteiger partial charge in [-0.1, -0.05) is 34.1 Å². The lowest BCUT2D eigenvalue weighted by atomic mass is 10.0. The molecule has 2 atom stereocenters. The third kappa shape index (κ3) is 4.10. The number of piperidine rings is 1. The van der Waals surface area contributed by atoms with Crippen molar-refractivity contribution in [2.24, 2.45) is 0 Å². The van der Waals surface area contributed by atoms with Crippen LogP contribution in [0.5, 0.6) is 0 Å². The second-order valence-electron chi connectivity index (χ2n) is 7.09. The van der Waals surface area contributed by atoms with Gasteiger partial charge in [-0.3, -0.25) is 0 Å². The minimum Gasteiger partial charge on any atom is -0.394 e. The molecule has 0 radical (unpaired) electrons. The summed E-state index contributed by atoms with van der Waals surface area (Å²) in [6.07, 6.45) is 4.95. The first-order valence-corrected chi connectivity index (χ1v) is 10.4. The van der Waals surface area contributed by atoms with Crippen LogP contribution in [0.2, 0.25) is 0 Å². The standard InChI is InChI=1S/C20H25BrN4O2/c21-17-7-2-1-6-16(17)18-12-24(9-10-27-18)19-11-20(23-14-22-19)25-8-4-3-5-15(25)13-26/h1-2,6-7,11,14-15,18,26H,3-5,8-10,12-13H2. The molecule has 2 aliphatic rings. The van der Waals surface area contributed by atoms with Gasteiger partial charge in [0.1, 0.15) is 24.1 Å². The maximum absolute atomic E-state index is 9.71. The van der Waals surface area contributed by atoms with E-state index in [1.807, 2.05) is 18.2 Å². The Balaban J connectivity index is 1.54. The fraction of sp³-hybridized carbons (Fsp3) is 0.500. The minimum atomic E-state index is 0.00733. The van der Waals surface area contributed by atoms with Gasteiger partial charge in [0.05, 0.1) is 19.3 Å². The van der Waals surface area contributed by atoms with Crippen molar-refractivity contribution in [1.29, 1.82) is 0 Å². The Hall–Kier alpha value is -1.70. The van der Waals surface area contributed by atoms with Crippen molar-refractivity contribution in [3.05, 3.63) is 46.7 Å². The highest BCUT2D eigenvalue weighted by Crippen LogP contribution is 2.31. The maximum Gasteiger partial charge on any atom is 0.134 e. The highest BCUT2D eigenvalue weighted by molar-refractivity contribution is 9.10. The average molecular weight is 433 g/mol. The van der Waals surface area contributed by atoms with Gasteiger partial charge in [0.15, 0.2) is 0 Å². The van der Waals surface area contributed by atoms with Crippen molar-refractivity contribution in [2.45, 2.75) is 31.4 Å². The van der Waals surface area contributed by atoms with Crippen LogP contribution in [0.25, 0.3) is 0 Å². The van der Waals surface area contributed by atoms with Gasteiger partial charge >= 0.3 is 0 Å². The first-order chi connectivity index (χ1) is 13.3. The third-order valence-corrected chi connectivity index (χ3v) is 6.14. The molecule has 1 N–H and O–H groups in total. The monoisotopic (exact) mass is 432 g/mol. The summed E-state index contributed by atoms with van der Waals surface area (Å²) >= 11 is 3.63. The van der Waals surface area contributed by atoms with Gasteiger partial charge in [0.25, 0.3) is 0 Å². The van der Waals surface area contributed by atoms with Crippen molar-refractivity contribution in [1.82, 2.24) is 9.97 Å². The van der Waals surface area contributed by atoms with Crippen molar-refractivity contribution in [3.63, 3.8) is 0 Å². The Morgan fingerprint density at radius 2 is 2.00 bits per heavy atom. The molecule has 2 saturated heterocycles. The van der Waals surface area contributed by atoms with E-state index in [0.717, 1.165) is 60.6 Å². The fourth-order valence-corrected chi connectivity index (χ4v) is 4.48. The predicted molar refractivity (Wildman–Crippen MR) is 109 cm³/mol. The van der Waals surface area contributed by atoms with Gasteiger partial charge in [0, 0.05) is 30.2 Å². The van der Waals surface area contributed by atoms with Crippen LogP contribution in [-0.2, 0) is 4.74 Å².